The largest absolute Gasteiger partial charge is 0.805 e. The normalized spacial score (nSPS) is 10.6. The van der Waals surface area contributed by atoms with Crippen molar-refractivity contribution in [1.82, 2.24) is 4.73 Å². The van der Waals surface area contributed by atoms with E-state index in [4.69, 9.17) is 27.9 Å². The molecule has 0 N–H and O–H groups in total. The van der Waals surface area contributed by atoms with E-state index >= 15 is 0 Å². The molecule has 0 amide bonds. The zero-order valence-electron chi connectivity index (χ0n) is 12.3. The van der Waals surface area contributed by atoms with Gasteiger partial charge in [0.05, 0.1) is 21.6 Å². The number of aromatic nitrogens is 2. The van der Waals surface area contributed by atoms with Crippen LogP contribution >= 0.6 is 23.2 Å². The number of nitriles is 1. The molecule has 0 saturated carbocycles. The van der Waals surface area contributed by atoms with Crippen LogP contribution in [0.4, 0.5) is 0 Å². The van der Waals surface area contributed by atoms with Crippen LogP contribution in [0.15, 0.2) is 36.4 Å². The van der Waals surface area contributed by atoms with Gasteiger partial charge in [-0.2, -0.15) is 5.26 Å². The molecule has 0 aliphatic heterocycles. The minimum Gasteiger partial charge on any atom is -0.805 e. The Morgan fingerprint density at radius 1 is 1.21 bits per heavy atom. The first-order chi connectivity index (χ1) is 11.5. The van der Waals surface area contributed by atoms with E-state index in [-0.39, 0.29) is 32.5 Å². The quantitative estimate of drug-likeness (QED) is 0.650. The summed E-state index contributed by atoms with van der Waals surface area (Å²) in [6.07, 6.45) is 0. The molecule has 0 aliphatic carbocycles. The lowest BCUT2D eigenvalue weighted by molar-refractivity contribution is -0.467. The van der Waals surface area contributed by atoms with Gasteiger partial charge in [-0.05, 0) is 30.3 Å². The number of rotatable bonds is 2. The fourth-order valence-electron chi connectivity index (χ4n) is 2.39. The average Bonchev–Trinajstić information content (AvgIpc) is 2.59. The van der Waals surface area contributed by atoms with Gasteiger partial charge < -0.3 is 14.7 Å². The molecule has 0 atom stereocenters. The molecule has 0 fully saturated rings. The highest BCUT2D eigenvalue weighted by Crippen LogP contribution is 2.30. The summed E-state index contributed by atoms with van der Waals surface area (Å²) in [6, 6.07) is 10.8. The first-order valence-electron chi connectivity index (χ1n) is 6.70. The number of nitrogens with zero attached hydrogens (tertiary/aromatic N) is 3. The van der Waals surface area contributed by atoms with Crippen LogP contribution in [0.1, 0.15) is 5.69 Å². The number of hydrogen-bond donors (Lipinski definition) is 0. The lowest BCUT2D eigenvalue weighted by Crippen LogP contribution is -2.24. The molecule has 0 unspecified atom stereocenters. The van der Waals surface area contributed by atoms with Crippen molar-refractivity contribution in [3.05, 3.63) is 62.3 Å². The number of benzene rings is 2. The topological polar surface area (TPSA) is 84.0 Å². The molecular formula is C16H9Cl2N3O3. The number of ether oxygens (including phenoxy) is 1. The minimum atomic E-state index is -0.332. The van der Waals surface area contributed by atoms with Gasteiger partial charge in [-0.3, -0.25) is 0 Å². The lowest BCUT2D eigenvalue weighted by Gasteiger charge is -2.18. The second-order valence-corrected chi connectivity index (χ2v) is 5.70. The van der Waals surface area contributed by atoms with E-state index in [9.17, 15) is 15.4 Å². The summed E-state index contributed by atoms with van der Waals surface area (Å²) in [4.78, 5) is 12.5. The molecule has 0 radical (unpaired) electrons. The van der Waals surface area contributed by atoms with Crippen molar-refractivity contribution in [2.75, 3.05) is 7.11 Å². The molecule has 2 aromatic carbocycles. The van der Waals surface area contributed by atoms with Crippen LogP contribution in [0.3, 0.4) is 0 Å². The molecule has 1 aromatic heterocycles. The molecule has 0 aliphatic rings. The van der Waals surface area contributed by atoms with Gasteiger partial charge in [-0.25, -0.2) is 0 Å². The standard InChI is InChI=1S/C16H9Cl2N3O3/c1-24-10-4-2-9(3-5-10)16-15(8-19)20(22)13-6-11(17)12(18)7-14(13)21(16)23/h2-7H,1H3. The maximum Gasteiger partial charge on any atom is 0.363 e. The van der Waals surface area contributed by atoms with Crippen LogP contribution < -0.4 is 9.16 Å². The van der Waals surface area contributed by atoms with Crippen LogP contribution in [0.25, 0.3) is 22.3 Å². The zero-order valence-corrected chi connectivity index (χ0v) is 13.8. The summed E-state index contributed by atoms with van der Waals surface area (Å²) >= 11 is 11.9. The molecule has 0 spiro atoms. The van der Waals surface area contributed by atoms with Crippen molar-refractivity contribution < 1.29 is 9.16 Å². The molecular weight excluding hydrogens is 353 g/mol. The highest BCUT2D eigenvalue weighted by atomic mass is 35.5. The third-order valence-electron chi connectivity index (χ3n) is 3.55. The molecule has 1 heterocycles. The summed E-state index contributed by atoms with van der Waals surface area (Å²) < 4.78 is 5.95. The van der Waals surface area contributed by atoms with Gasteiger partial charge in [0.25, 0.3) is 5.52 Å². The van der Waals surface area contributed by atoms with E-state index < -0.39 is 0 Å². The molecule has 120 valence electrons. The summed E-state index contributed by atoms with van der Waals surface area (Å²) in [6.45, 7) is 0. The molecule has 3 rings (SSSR count). The van der Waals surface area contributed by atoms with Crippen LogP contribution in [0, 0.1) is 21.4 Å². The van der Waals surface area contributed by atoms with Crippen LogP contribution in [0.5, 0.6) is 5.75 Å². The molecule has 0 bridgehead atoms. The monoisotopic (exact) mass is 361 g/mol. The highest BCUT2D eigenvalue weighted by Gasteiger charge is 2.24. The Morgan fingerprint density at radius 2 is 1.83 bits per heavy atom. The van der Waals surface area contributed by atoms with Crippen molar-refractivity contribution in [2.24, 2.45) is 0 Å². The number of fused-ring (bicyclic) bond motifs is 1. The van der Waals surface area contributed by atoms with Gasteiger partial charge >= 0.3 is 5.69 Å². The van der Waals surface area contributed by atoms with Crippen molar-refractivity contribution >= 4 is 34.2 Å². The molecule has 0 saturated heterocycles. The zero-order chi connectivity index (χ0) is 17.4. The third-order valence-corrected chi connectivity index (χ3v) is 4.28. The van der Waals surface area contributed by atoms with Gasteiger partial charge in [-0.1, -0.05) is 23.2 Å². The molecule has 8 heteroatoms. The van der Waals surface area contributed by atoms with E-state index in [2.05, 4.69) is 0 Å². The summed E-state index contributed by atoms with van der Waals surface area (Å²) in [5.74, 6) is 0.584. The molecule has 24 heavy (non-hydrogen) atoms. The summed E-state index contributed by atoms with van der Waals surface area (Å²) in [5, 5.41) is 22.4. The van der Waals surface area contributed by atoms with Gasteiger partial charge in [0.15, 0.2) is 6.07 Å². The van der Waals surface area contributed by atoms with Crippen LogP contribution in [-0.2, 0) is 0 Å². The maximum absolute atomic E-state index is 12.8. The Kier molecular flexibility index (Phi) is 4.06. The maximum atomic E-state index is 12.8. The van der Waals surface area contributed by atoms with Gasteiger partial charge in [0.2, 0.25) is 0 Å². The molecule has 6 nitrogen and oxygen atoms in total. The third kappa shape index (κ3) is 2.44. The number of halogens is 2. The average molecular weight is 362 g/mol. The van der Waals surface area contributed by atoms with Crippen LogP contribution in [-0.4, -0.2) is 11.8 Å². The Balaban J connectivity index is 2.43. The van der Waals surface area contributed by atoms with E-state index in [0.717, 1.165) is 0 Å². The number of methoxy groups -OCH3 is 1. The first-order valence-corrected chi connectivity index (χ1v) is 7.46. The Morgan fingerprint density at radius 3 is 2.42 bits per heavy atom. The van der Waals surface area contributed by atoms with Crippen molar-refractivity contribution in [2.45, 2.75) is 0 Å². The van der Waals surface area contributed by atoms with E-state index in [0.29, 0.717) is 20.5 Å². The van der Waals surface area contributed by atoms with Crippen molar-refractivity contribution in [3.63, 3.8) is 0 Å². The van der Waals surface area contributed by atoms with E-state index in [1.165, 1.54) is 19.2 Å². The smallest absolute Gasteiger partial charge is 0.363 e. The Bertz CT molecular complexity index is 1050. The van der Waals surface area contributed by atoms with Gasteiger partial charge in [-0.15, -0.1) is 0 Å². The first kappa shape index (κ1) is 16.1. The van der Waals surface area contributed by atoms with Crippen molar-refractivity contribution in [3.8, 4) is 23.1 Å². The van der Waals surface area contributed by atoms with Crippen molar-refractivity contribution in [1.29, 1.82) is 5.26 Å². The minimum absolute atomic E-state index is 0.0178. The SMILES string of the molecule is COc1ccc(-c2c(C#N)[n+](=O)c3cc(Cl)c(Cl)cc3n2[O-])cc1. The number of hydrogen-bond acceptors (Lipinski definition) is 4. The molecule has 3 aromatic rings. The second-order valence-electron chi connectivity index (χ2n) is 4.88. The Hall–Kier alpha value is -2.75. The summed E-state index contributed by atoms with van der Waals surface area (Å²) in [7, 11) is 1.51. The van der Waals surface area contributed by atoms with E-state index in [1.807, 2.05) is 0 Å². The van der Waals surface area contributed by atoms with E-state index in [1.54, 1.807) is 30.3 Å². The van der Waals surface area contributed by atoms with Crippen LogP contribution in [0.2, 0.25) is 10.0 Å². The lowest BCUT2D eigenvalue weighted by atomic mass is 10.1. The highest BCUT2D eigenvalue weighted by molar-refractivity contribution is 6.42. The Labute approximate surface area is 146 Å². The second kappa shape index (κ2) is 6.04. The van der Waals surface area contributed by atoms with Gasteiger partial charge in [0.1, 0.15) is 17.0 Å². The fourth-order valence-corrected chi connectivity index (χ4v) is 2.70. The predicted octanol–water partition coefficient (Wildman–Crippen LogP) is 3.76. The summed E-state index contributed by atoms with van der Waals surface area (Å²) in [5.41, 5.74) is -0.0144. The fraction of sp³-hybridized carbons (Fsp3) is 0.0625. The van der Waals surface area contributed by atoms with Gasteiger partial charge in [0, 0.05) is 16.5 Å². The predicted molar refractivity (Wildman–Crippen MR) is 90.8 cm³/mol.